The Morgan fingerprint density at radius 3 is 2.56 bits per heavy atom. The number of piperidine rings is 1. The number of rotatable bonds is 6. The van der Waals surface area contributed by atoms with Crippen LogP contribution >= 0.6 is 0 Å². The molecule has 27 heavy (non-hydrogen) atoms. The Morgan fingerprint density at radius 1 is 1.22 bits per heavy atom. The van der Waals surface area contributed by atoms with Gasteiger partial charge < -0.3 is 9.64 Å². The molecule has 0 spiro atoms. The van der Waals surface area contributed by atoms with Crippen molar-refractivity contribution in [2.45, 2.75) is 44.1 Å². The summed E-state index contributed by atoms with van der Waals surface area (Å²) in [5.41, 5.74) is 1.26. The predicted molar refractivity (Wildman–Crippen MR) is 108 cm³/mol. The minimum atomic E-state index is -3.22. The van der Waals surface area contributed by atoms with Crippen LogP contribution in [0.3, 0.4) is 0 Å². The van der Waals surface area contributed by atoms with Crippen LogP contribution in [-0.2, 0) is 16.3 Å². The van der Waals surface area contributed by atoms with E-state index in [0.717, 1.165) is 38.2 Å². The van der Waals surface area contributed by atoms with Crippen LogP contribution in [0.5, 0.6) is 5.75 Å². The maximum Gasteiger partial charge on any atom is 0.175 e. The fourth-order valence-corrected chi connectivity index (χ4v) is 4.16. The Hall–Kier alpha value is -2.08. The lowest BCUT2D eigenvalue weighted by atomic mass is 9.92. The lowest BCUT2D eigenvalue weighted by molar-refractivity contribution is 0.132. The highest BCUT2D eigenvalue weighted by molar-refractivity contribution is 7.90. The Kier molecular flexibility index (Phi) is 6.05. The largest absolute Gasteiger partial charge is 0.490 e. The van der Waals surface area contributed by atoms with Gasteiger partial charge in [-0.15, -0.1) is 0 Å². The topological polar surface area (TPSA) is 59.5 Å². The highest BCUT2D eigenvalue weighted by Gasteiger charge is 2.26. The first kappa shape index (κ1) is 19.7. The molecule has 1 atom stereocenters. The molecule has 1 aromatic carbocycles. The van der Waals surface area contributed by atoms with E-state index in [0.29, 0.717) is 16.6 Å². The molecule has 146 valence electrons. The van der Waals surface area contributed by atoms with Crippen molar-refractivity contribution in [3.05, 3.63) is 48.2 Å². The molecule has 1 aliphatic rings. The summed E-state index contributed by atoms with van der Waals surface area (Å²) in [7, 11) is -3.22. The number of nitrogens with zero attached hydrogens (tertiary/aromatic N) is 2. The maximum atomic E-state index is 11.7. The second-order valence-electron chi connectivity index (χ2n) is 7.27. The lowest BCUT2D eigenvalue weighted by Gasteiger charge is -2.35. The van der Waals surface area contributed by atoms with Crippen molar-refractivity contribution in [1.82, 2.24) is 4.98 Å². The monoisotopic (exact) mass is 388 g/mol. The molecule has 1 unspecified atom stereocenters. The number of pyridine rings is 1. The third-order valence-corrected chi connectivity index (χ3v) is 6.41. The smallest absolute Gasteiger partial charge is 0.175 e. The van der Waals surface area contributed by atoms with Crippen molar-refractivity contribution in [2.24, 2.45) is 5.92 Å². The molecule has 5 nitrogen and oxygen atoms in total. The normalized spacial score (nSPS) is 16.9. The van der Waals surface area contributed by atoms with Gasteiger partial charge in [-0.3, -0.25) is 0 Å². The average Bonchev–Trinajstić information content (AvgIpc) is 2.68. The van der Waals surface area contributed by atoms with Crippen LogP contribution in [0.1, 0.15) is 32.3 Å². The summed E-state index contributed by atoms with van der Waals surface area (Å²) in [6.45, 7) is 6.12. The van der Waals surface area contributed by atoms with Gasteiger partial charge in [-0.25, -0.2) is 13.4 Å². The first-order valence-corrected chi connectivity index (χ1v) is 11.4. The first-order valence-electron chi connectivity index (χ1n) is 9.53. The van der Waals surface area contributed by atoms with Crippen LogP contribution in [0.25, 0.3) is 0 Å². The SMILES string of the molecule is CCc1ccc(N2CCC(C(C)Oc3cccc(S(C)(=O)=O)c3)CC2)nc1. The summed E-state index contributed by atoms with van der Waals surface area (Å²) in [5, 5.41) is 0. The van der Waals surface area contributed by atoms with Crippen LogP contribution < -0.4 is 9.64 Å². The van der Waals surface area contributed by atoms with E-state index < -0.39 is 9.84 Å². The molecule has 6 heteroatoms. The van der Waals surface area contributed by atoms with Crippen molar-refractivity contribution in [1.29, 1.82) is 0 Å². The molecule has 0 aliphatic carbocycles. The van der Waals surface area contributed by atoms with Crippen molar-refractivity contribution in [2.75, 3.05) is 24.2 Å². The number of benzene rings is 1. The summed E-state index contributed by atoms with van der Waals surface area (Å²) >= 11 is 0. The molecule has 0 N–H and O–H groups in total. The van der Waals surface area contributed by atoms with Crippen molar-refractivity contribution in [3.63, 3.8) is 0 Å². The number of ether oxygens (including phenoxy) is 1. The molecular weight excluding hydrogens is 360 g/mol. The Labute approximate surface area is 162 Å². The molecule has 0 radical (unpaired) electrons. The Morgan fingerprint density at radius 2 is 1.96 bits per heavy atom. The summed E-state index contributed by atoms with van der Waals surface area (Å²) in [5.74, 6) is 2.10. The van der Waals surface area contributed by atoms with Crippen LogP contribution in [0.2, 0.25) is 0 Å². The number of aromatic nitrogens is 1. The molecule has 0 amide bonds. The van der Waals surface area contributed by atoms with E-state index >= 15 is 0 Å². The molecule has 1 fully saturated rings. The molecular formula is C21H28N2O3S. The third kappa shape index (κ3) is 5.01. The molecule has 1 saturated heterocycles. The molecule has 0 saturated carbocycles. The Balaban J connectivity index is 1.57. The molecule has 1 aliphatic heterocycles. The van der Waals surface area contributed by atoms with Gasteiger partial charge in [0.2, 0.25) is 0 Å². The quantitative estimate of drug-likeness (QED) is 0.755. The molecule has 1 aromatic heterocycles. The molecule has 0 bridgehead atoms. The van der Waals surface area contributed by atoms with E-state index in [1.807, 2.05) is 12.3 Å². The summed E-state index contributed by atoms with van der Waals surface area (Å²) in [6, 6.07) is 11.0. The van der Waals surface area contributed by atoms with Crippen LogP contribution in [0.15, 0.2) is 47.5 Å². The molecule has 3 rings (SSSR count). The van der Waals surface area contributed by atoms with Gasteiger partial charge in [0, 0.05) is 25.5 Å². The van der Waals surface area contributed by atoms with E-state index in [2.05, 4.69) is 35.9 Å². The van der Waals surface area contributed by atoms with Gasteiger partial charge in [0.05, 0.1) is 11.0 Å². The highest BCUT2D eigenvalue weighted by Crippen LogP contribution is 2.27. The zero-order chi connectivity index (χ0) is 19.4. The number of anilines is 1. The van der Waals surface area contributed by atoms with Crippen LogP contribution in [0, 0.1) is 5.92 Å². The standard InChI is InChI=1S/C21H28N2O3S/c1-4-17-8-9-21(22-15-17)23-12-10-18(11-13-23)16(2)26-19-6-5-7-20(14-19)27(3,24)25/h5-9,14-16,18H,4,10-13H2,1-3H3. The van der Waals surface area contributed by atoms with Crippen molar-refractivity contribution < 1.29 is 13.2 Å². The van der Waals surface area contributed by atoms with Crippen LogP contribution in [-0.4, -0.2) is 38.9 Å². The van der Waals surface area contributed by atoms with Gasteiger partial charge in [0.25, 0.3) is 0 Å². The number of hydrogen-bond donors (Lipinski definition) is 0. The summed E-state index contributed by atoms with van der Waals surface area (Å²) in [6.07, 6.45) is 6.28. The lowest BCUT2D eigenvalue weighted by Crippen LogP contribution is -2.39. The summed E-state index contributed by atoms with van der Waals surface area (Å²) < 4.78 is 29.5. The van der Waals surface area contributed by atoms with Gasteiger partial charge in [0.1, 0.15) is 11.6 Å². The fourth-order valence-electron chi connectivity index (χ4n) is 3.50. The number of hydrogen-bond acceptors (Lipinski definition) is 5. The second kappa shape index (κ2) is 8.30. The number of sulfone groups is 1. The van der Waals surface area contributed by atoms with Crippen LogP contribution in [0.4, 0.5) is 5.82 Å². The van der Waals surface area contributed by atoms with E-state index in [1.165, 1.54) is 11.8 Å². The Bertz CT molecular complexity index is 857. The second-order valence-corrected chi connectivity index (χ2v) is 9.29. The van der Waals surface area contributed by atoms with E-state index in [-0.39, 0.29) is 6.10 Å². The van der Waals surface area contributed by atoms with E-state index in [4.69, 9.17) is 4.74 Å². The minimum Gasteiger partial charge on any atom is -0.490 e. The fraction of sp³-hybridized carbons (Fsp3) is 0.476. The van der Waals surface area contributed by atoms with Gasteiger partial charge in [-0.2, -0.15) is 0 Å². The van der Waals surface area contributed by atoms with E-state index in [9.17, 15) is 8.42 Å². The van der Waals surface area contributed by atoms with Crippen molar-refractivity contribution in [3.8, 4) is 5.75 Å². The average molecular weight is 389 g/mol. The molecule has 2 aromatic rings. The number of aryl methyl sites for hydroxylation is 1. The minimum absolute atomic E-state index is 0.0392. The van der Waals surface area contributed by atoms with Gasteiger partial charge in [-0.05, 0) is 61.9 Å². The zero-order valence-corrected chi connectivity index (χ0v) is 17.1. The first-order chi connectivity index (χ1) is 12.9. The molecule has 2 heterocycles. The highest BCUT2D eigenvalue weighted by atomic mass is 32.2. The van der Waals surface area contributed by atoms with E-state index in [1.54, 1.807) is 18.2 Å². The van der Waals surface area contributed by atoms with Gasteiger partial charge in [-0.1, -0.05) is 19.1 Å². The third-order valence-electron chi connectivity index (χ3n) is 5.30. The predicted octanol–water partition coefficient (Wildman–Crippen LogP) is 3.73. The maximum absolute atomic E-state index is 11.7. The summed E-state index contributed by atoms with van der Waals surface area (Å²) in [4.78, 5) is 7.20. The zero-order valence-electron chi connectivity index (χ0n) is 16.3. The van der Waals surface area contributed by atoms with Gasteiger partial charge >= 0.3 is 0 Å². The van der Waals surface area contributed by atoms with Crippen molar-refractivity contribution >= 4 is 15.7 Å². The van der Waals surface area contributed by atoms with Gasteiger partial charge in [0.15, 0.2) is 9.84 Å².